The van der Waals surface area contributed by atoms with Crippen LogP contribution in [0.1, 0.15) is 49.9 Å². The lowest BCUT2D eigenvalue weighted by molar-refractivity contribution is 0.396. The summed E-state index contributed by atoms with van der Waals surface area (Å²) in [5, 5.41) is 2.84. The molecule has 0 N–H and O–H groups in total. The highest BCUT2D eigenvalue weighted by Gasteiger charge is 2.48. The molecule has 0 saturated heterocycles. The second-order valence-electron chi connectivity index (χ2n) is 8.25. The minimum atomic E-state index is -0.0332. The Kier molecular flexibility index (Phi) is 2.77. The minimum Gasteiger partial charge on any atom is -0.0610 e. The van der Waals surface area contributed by atoms with Crippen LogP contribution in [-0.2, 0) is 0 Å². The molecule has 1 aromatic carbocycles. The summed E-state index contributed by atoms with van der Waals surface area (Å²) in [6, 6.07) is 0. The van der Waals surface area contributed by atoms with Crippen LogP contribution in [0.15, 0.2) is 40.5 Å². The van der Waals surface area contributed by atoms with E-state index in [0.717, 1.165) is 0 Å². The Balaban J connectivity index is 2.00. The number of benzene rings is 1. The highest BCUT2D eigenvalue weighted by Crippen LogP contribution is 2.57. The normalized spacial score (nSPS) is 28.4. The molecule has 25 heavy (non-hydrogen) atoms. The largest absolute Gasteiger partial charge is 0.0610 e. The van der Waals surface area contributed by atoms with Crippen LogP contribution in [0.5, 0.6) is 0 Å². The molecular weight excluding hydrogens is 300 g/mol. The second-order valence-corrected chi connectivity index (χ2v) is 8.25. The number of hydrogen-bond acceptors (Lipinski definition) is 0. The van der Waals surface area contributed by atoms with Gasteiger partial charge in [0.1, 0.15) is 0 Å². The number of rotatable bonds is 0. The van der Waals surface area contributed by atoms with E-state index in [-0.39, 0.29) is 5.41 Å². The number of fused-ring (bicyclic) bond motifs is 4. The molecule has 0 bridgehead atoms. The number of hydrogen-bond donors (Lipinski definition) is 0. The molecule has 0 fully saturated rings. The zero-order valence-electron chi connectivity index (χ0n) is 16.0. The van der Waals surface area contributed by atoms with Gasteiger partial charge in [-0.05, 0) is 94.2 Å². The van der Waals surface area contributed by atoms with Crippen molar-refractivity contribution in [2.45, 2.75) is 41.5 Å². The topological polar surface area (TPSA) is 0 Å². The molecule has 0 saturated carbocycles. The Morgan fingerprint density at radius 1 is 1.00 bits per heavy atom. The average molecular weight is 324 g/mol. The van der Waals surface area contributed by atoms with E-state index >= 15 is 0 Å². The summed E-state index contributed by atoms with van der Waals surface area (Å²) in [5.41, 5.74) is 12.9. The second kappa shape index (κ2) is 4.55. The molecule has 4 aliphatic rings. The molecule has 0 amide bonds. The summed E-state index contributed by atoms with van der Waals surface area (Å²) in [4.78, 5) is 0. The Hall–Kier alpha value is -2.08. The van der Waals surface area contributed by atoms with Gasteiger partial charge in [0.25, 0.3) is 0 Å². The Bertz CT molecular complexity index is 1110. The van der Waals surface area contributed by atoms with E-state index in [1.165, 1.54) is 60.6 Å². The predicted octanol–water partition coefficient (Wildman–Crippen LogP) is 4.56. The molecule has 0 aliphatic heterocycles. The fraction of sp³-hybridized carbons (Fsp3) is 0.320. The third-order valence-corrected chi connectivity index (χ3v) is 7.06. The summed E-state index contributed by atoms with van der Waals surface area (Å²) in [5.74, 6) is 0.454. The van der Waals surface area contributed by atoms with Crippen LogP contribution in [0, 0.1) is 31.6 Å². The summed E-state index contributed by atoms with van der Waals surface area (Å²) in [7, 11) is 0. The molecule has 0 aromatic heterocycles. The third-order valence-electron chi connectivity index (χ3n) is 7.06. The zero-order valence-corrected chi connectivity index (χ0v) is 16.0. The lowest BCUT2D eigenvalue weighted by Gasteiger charge is -2.41. The minimum absolute atomic E-state index is 0.0332. The smallest absolute Gasteiger partial charge is 0.0292 e. The lowest BCUT2D eigenvalue weighted by Crippen LogP contribution is -2.32. The lowest BCUT2D eigenvalue weighted by atomic mass is 9.61. The molecule has 4 aliphatic carbocycles. The fourth-order valence-corrected chi connectivity index (χ4v) is 5.59. The van der Waals surface area contributed by atoms with Crippen molar-refractivity contribution in [3.05, 3.63) is 79.6 Å². The van der Waals surface area contributed by atoms with Gasteiger partial charge < -0.3 is 0 Å². The standard InChI is InChI=1S/C25H24/c1-13-10-11-20-17(5)25(6)12-21-14(2)18-8-7-9-19(18)15(3)23(21)24(25)16(4)22(13)20/h7-11,17H,1-6H3. The van der Waals surface area contributed by atoms with Gasteiger partial charge in [0.15, 0.2) is 0 Å². The van der Waals surface area contributed by atoms with Crippen molar-refractivity contribution in [3.63, 3.8) is 0 Å². The number of allylic oxidation sites excluding steroid dienone is 7. The quantitative estimate of drug-likeness (QED) is 0.656. The van der Waals surface area contributed by atoms with E-state index in [0.29, 0.717) is 5.92 Å². The van der Waals surface area contributed by atoms with Crippen molar-refractivity contribution in [1.29, 1.82) is 0 Å². The molecule has 2 radical (unpaired) electrons. The summed E-state index contributed by atoms with van der Waals surface area (Å²) in [6.45, 7) is 13.9. The van der Waals surface area contributed by atoms with E-state index in [9.17, 15) is 0 Å². The van der Waals surface area contributed by atoms with Gasteiger partial charge in [-0.15, -0.1) is 0 Å². The van der Waals surface area contributed by atoms with E-state index < -0.39 is 0 Å². The van der Waals surface area contributed by atoms with E-state index in [1.54, 1.807) is 0 Å². The molecule has 0 nitrogen and oxygen atoms in total. The van der Waals surface area contributed by atoms with Gasteiger partial charge in [-0.1, -0.05) is 44.2 Å². The summed E-state index contributed by atoms with van der Waals surface area (Å²) < 4.78 is 0. The molecule has 124 valence electrons. The highest BCUT2D eigenvalue weighted by molar-refractivity contribution is 5.86. The molecular formula is C25H24. The maximum absolute atomic E-state index is 3.98. The monoisotopic (exact) mass is 324 g/mol. The Morgan fingerprint density at radius 2 is 1.76 bits per heavy atom. The van der Waals surface area contributed by atoms with Gasteiger partial charge >= 0.3 is 0 Å². The van der Waals surface area contributed by atoms with Crippen LogP contribution < -0.4 is 10.4 Å². The first-order valence-corrected chi connectivity index (χ1v) is 9.31. The summed E-state index contributed by atoms with van der Waals surface area (Å²) in [6.07, 6.45) is 15.3. The van der Waals surface area contributed by atoms with Gasteiger partial charge in [-0.2, -0.15) is 0 Å². The SMILES string of the molecule is CC1=CC=C2C1=C(C)C1=c3c(C)c4c(c(C)c3[C]C1(C)C2C)=CC=C4. The van der Waals surface area contributed by atoms with Crippen LogP contribution in [0.25, 0.3) is 17.7 Å². The third kappa shape index (κ3) is 1.59. The van der Waals surface area contributed by atoms with Crippen LogP contribution >= 0.6 is 0 Å². The van der Waals surface area contributed by atoms with Crippen molar-refractivity contribution in [2.75, 3.05) is 0 Å². The van der Waals surface area contributed by atoms with Crippen LogP contribution in [0.2, 0.25) is 0 Å². The molecule has 0 heteroatoms. The van der Waals surface area contributed by atoms with Crippen molar-refractivity contribution in [2.24, 2.45) is 11.3 Å². The van der Waals surface area contributed by atoms with Crippen molar-refractivity contribution < 1.29 is 0 Å². The van der Waals surface area contributed by atoms with Gasteiger partial charge in [-0.3, -0.25) is 0 Å². The zero-order chi connectivity index (χ0) is 17.7. The fourth-order valence-electron chi connectivity index (χ4n) is 5.59. The van der Waals surface area contributed by atoms with Gasteiger partial charge in [0, 0.05) is 11.8 Å². The Labute approximate surface area is 150 Å². The van der Waals surface area contributed by atoms with Crippen LogP contribution in [0.3, 0.4) is 0 Å². The van der Waals surface area contributed by atoms with Crippen LogP contribution in [-0.4, -0.2) is 0 Å². The van der Waals surface area contributed by atoms with E-state index in [4.69, 9.17) is 0 Å². The van der Waals surface area contributed by atoms with Gasteiger partial charge in [0.05, 0.1) is 0 Å². The van der Waals surface area contributed by atoms with Crippen LogP contribution in [0.4, 0.5) is 0 Å². The predicted molar refractivity (Wildman–Crippen MR) is 106 cm³/mol. The average Bonchev–Trinajstić information content (AvgIpc) is 3.26. The molecule has 2 atom stereocenters. The van der Waals surface area contributed by atoms with E-state index in [2.05, 4.69) is 78.3 Å². The molecule has 1 aromatic rings. The van der Waals surface area contributed by atoms with Crippen molar-refractivity contribution in [3.8, 4) is 0 Å². The maximum atomic E-state index is 3.98. The summed E-state index contributed by atoms with van der Waals surface area (Å²) >= 11 is 0. The molecule has 5 rings (SSSR count). The van der Waals surface area contributed by atoms with E-state index in [1.807, 2.05) is 0 Å². The highest BCUT2D eigenvalue weighted by atomic mass is 14.5. The first-order chi connectivity index (χ1) is 11.9. The maximum Gasteiger partial charge on any atom is 0.0292 e. The molecule has 2 unspecified atom stereocenters. The van der Waals surface area contributed by atoms with Crippen molar-refractivity contribution >= 4 is 17.7 Å². The first-order valence-electron chi connectivity index (χ1n) is 9.31. The van der Waals surface area contributed by atoms with Gasteiger partial charge in [-0.25, -0.2) is 0 Å². The first kappa shape index (κ1) is 15.2. The van der Waals surface area contributed by atoms with Gasteiger partial charge in [0.2, 0.25) is 0 Å². The molecule has 0 spiro atoms. The molecule has 0 heterocycles. The Morgan fingerprint density at radius 3 is 2.52 bits per heavy atom. The van der Waals surface area contributed by atoms with Crippen molar-refractivity contribution in [1.82, 2.24) is 0 Å².